The van der Waals surface area contributed by atoms with Crippen LogP contribution in [0, 0.1) is 12.1 Å². The van der Waals surface area contributed by atoms with Crippen molar-refractivity contribution in [2.45, 2.75) is 0 Å². The number of para-hydroxylation sites is 2. The van der Waals surface area contributed by atoms with E-state index in [0.29, 0.717) is 0 Å². The minimum absolute atomic E-state index is 0. The molecule has 0 heterocycles. The number of benzene rings is 2. The van der Waals surface area contributed by atoms with Crippen molar-refractivity contribution >= 4 is 11.4 Å². The van der Waals surface area contributed by atoms with E-state index < -0.39 is 0 Å². The Labute approximate surface area is 105 Å². The van der Waals surface area contributed by atoms with Gasteiger partial charge in [0.05, 0.1) is 0 Å². The minimum atomic E-state index is 0. The van der Waals surface area contributed by atoms with E-state index in [1.165, 1.54) is 0 Å². The summed E-state index contributed by atoms with van der Waals surface area (Å²) >= 11 is 0. The van der Waals surface area contributed by atoms with Gasteiger partial charge in [-0.1, -0.05) is 11.4 Å². The first-order valence-corrected chi connectivity index (χ1v) is 4.55. The number of hydrogen-bond donors (Lipinski definition) is 0. The summed E-state index contributed by atoms with van der Waals surface area (Å²) in [6.45, 7) is 0. The van der Waals surface area contributed by atoms with E-state index in [1.807, 2.05) is 55.6 Å². The van der Waals surface area contributed by atoms with Gasteiger partial charge in [-0.2, -0.15) is 48.5 Å². The molecule has 2 aromatic rings. The van der Waals surface area contributed by atoms with Crippen molar-refractivity contribution in [2.75, 3.05) is 11.9 Å². The molecule has 74 valence electrons. The predicted molar refractivity (Wildman–Crippen MR) is 58.6 cm³/mol. The SMILES string of the molecule is CN(c1[c-]cccc1)c1[c-]cccc1.[W+2]. The van der Waals surface area contributed by atoms with Crippen LogP contribution in [0.15, 0.2) is 48.5 Å². The largest absolute Gasteiger partial charge is 2.00 e. The number of nitrogens with zero attached hydrogens (tertiary/aromatic N) is 1. The van der Waals surface area contributed by atoms with Crippen LogP contribution >= 0.6 is 0 Å². The first kappa shape index (κ1) is 12.0. The molecular formula is C13H11NW. The van der Waals surface area contributed by atoms with Gasteiger partial charge in [0.15, 0.2) is 0 Å². The van der Waals surface area contributed by atoms with Crippen molar-refractivity contribution in [3.63, 3.8) is 0 Å². The molecule has 2 rings (SSSR count). The second-order valence-corrected chi connectivity index (χ2v) is 3.05. The van der Waals surface area contributed by atoms with Crippen molar-refractivity contribution in [3.05, 3.63) is 60.7 Å². The molecule has 2 aromatic carbocycles. The Morgan fingerprint density at radius 2 is 1.33 bits per heavy atom. The topological polar surface area (TPSA) is 3.24 Å². The first-order chi connectivity index (χ1) is 6.88. The number of hydrogen-bond acceptors (Lipinski definition) is 1. The fourth-order valence-electron chi connectivity index (χ4n) is 1.31. The maximum atomic E-state index is 3.17. The molecule has 0 radical (unpaired) electrons. The summed E-state index contributed by atoms with van der Waals surface area (Å²) in [4.78, 5) is 2.06. The molecule has 0 aliphatic heterocycles. The quantitative estimate of drug-likeness (QED) is 0.740. The summed E-state index contributed by atoms with van der Waals surface area (Å²) < 4.78 is 0. The molecule has 0 aliphatic carbocycles. The van der Waals surface area contributed by atoms with Crippen LogP contribution in [0.3, 0.4) is 0 Å². The van der Waals surface area contributed by atoms with Crippen LogP contribution in [0.2, 0.25) is 0 Å². The van der Waals surface area contributed by atoms with E-state index in [2.05, 4.69) is 17.0 Å². The third-order valence-corrected chi connectivity index (χ3v) is 2.11. The molecule has 0 aromatic heterocycles. The predicted octanol–water partition coefficient (Wildman–Crippen LogP) is 3.05. The summed E-state index contributed by atoms with van der Waals surface area (Å²) in [5.41, 5.74) is 2.10. The Balaban J connectivity index is 0.00000112. The zero-order valence-electron chi connectivity index (χ0n) is 8.47. The molecule has 0 bridgehead atoms. The second kappa shape index (κ2) is 5.72. The molecule has 0 saturated carbocycles. The van der Waals surface area contributed by atoms with Crippen LogP contribution in [-0.4, -0.2) is 7.05 Å². The van der Waals surface area contributed by atoms with E-state index in [0.717, 1.165) is 11.4 Å². The summed E-state index contributed by atoms with van der Waals surface area (Å²) in [5.74, 6) is 0. The molecule has 0 amide bonds. The van der Waals surface area contributed by atoms with Gasteiger partial charge < -0.3 is 4.90 Å². The van der Waals surface area contributed by atoms with Gasteiger partial charge in [-0.3, -0.25) is 0 Å². The average Bonchev–Trinajstić information content (AvgIpc) is 2.30. The van der Waals surface area contributed by atoms with Gasteiger partial charge in [-0.15, -0.1) is 12.1 Å². The molecule has 0 N–H and O–H groups in total. The molecule has 0 fully saturated rings. The Bertz CT molecular complexity index is 346. The monoisotopic (exact) mass is 365 g/mol. The van der Waals surface area contributed by atoms with Gasteiger partial charge in [0, 0.05) is 7.05 Å². The van der Waals surface area contributed by atoms with Crippen LogP contribution in [0.1, 0.15) is 0 Å². The molecule has 0 saturated heterocycles. The summed E-state index contributed by atoms with van der Waals surface area (Å²) in [6.07, 6.45) is 0. The number of anilines is 2. The molecule has 2 heteroatoms. The van der Waals surface area contributed by atoms with Crippen molar-refractivity contribution in [2.24, 2.45) is 0 Å². The Hall–Kier alpha value is -1.07. The maximum Gasteiger partial charge on any atom is 2.00 e. The molecule has 0 unspecified atom stereocenters. The standard InChI is InChI=1S/C13H11N.W/c1-14(12-8-4-2-5-9-12)13-10-6-3-7-11-13;/h2-8,10H,1H3;/q-2;+2. The molecule has 0 spiro atoms. The van der Waals surface area contributed by atoms with Crippen LogP contribution in [-0.2, 0) is 21.1 Å². The van der Waals surface area contributed by atoms with E-state index in [1.54, 1.807) is 0 Å². The van der Waals surface area contributed by atoms with Crippen LogP contribution in [0.5, 0.6) is 0 Å². The van der Waals surface area contributed by atoms with E-state index in [-0.39, 0.29) is 21.1 Å². The van der Waals surface area contributed by atoms with Crippen molar-refractivity contribution in [1.29, 1.82) is 0 Å². The Morgan fingerprint density at radius 3 is 1.67 bits per heavy atom. The van der Waals surface area contributed by atoms with Crippen molar-refractivity contribution in [1.82, 2.24) is 0 Å². The van der Waals surface area contributed by atoms with E-state index in [9.17, 15) is 0 Å². The molecule has 15 heavy (non-hydrogen) atoms. The summed E-state index contributed by atoms with van der Waals surface area (Å²) in [5, 5.41) is 0. The van der Waals surface area contributed by atoms with Gasteiger partial charge in [-0.05, 0) is 0 Å². The molecule has 0 aliphatic rings. The van der Waals surface area contributed by atoms with Gasteiger partial charge in [0.2, 0.25) is 0 Å². The van der Waals surface area contributed by atoms with Crippen LogP contribution in [0.4, 0.5) is 11.4 Å². The maximum absolute atomic E-state index is 3.17. The fourth-order valence-corrected chi connectivity index (χ4v) is 1.31. The smallest absolute Gasteiger partial charge is 0.391 e. The van der Waals surface area contributed by atoms with Gasteiger partial charge in [0.1, 0.15) is 0 Å². The minimum Gasteiger partial charge on any atom is -0.391 e. The zero-order valence-corrected chi connectivity index (χ0v) is 11.4. The zero-order chi connectivity index (χ0) is 9.80. The Morgan fingerprint density at radius 1 is 0.867 bits per heavy atom. The van der Waals surface area contributed by atoms with Gasteiger partial charge in [-0.25, -0.2) is 0 Å². The summed E-state index contributed by atoms with van der Waals surface area (Å²) in [7, 11) is 2.01. The van der Waals surface area contributed by atoms with Crippen LogP contribution < -0.4 is 4.90 Å². The first-order valence-electron chi connectivity index (χ1n) is 4.55. The average molecular weight is 365 g/mol. The third kappa shape index (κ3) is 2.94. The van der Waals surface area contributed by atoms with E-state index in [4.69, 9.17) is 0 Å². The second-order valence-electron chi connectivity index (χ2n) is 3.05. The number of rotatable bonds is 2. The summed E-state index contributed by atoms with van der Waals surface area (Å²) in [6, 6.07) is 22.2. The van der Waals surface area contributed by atoms with Crippen LogP contribution in [0.25, 0.3) is 0 Å². The fraction of sp³-hybridized carbons (Fsp3) is 0.0769. The normalized spacial score (nSPS) is 9.13. The third-order valence-electron chi connectivity index (χ3n) is 2.11. The van der Waals surface area contributed by atoms with Gasteiger partial charge >= 0.3 is 21.1 Å². The van der Waals surface area contributed by atoms with Crippen molar-refractivity contribution in [3.8, 4) is 0 Å². The van der Waals surface area contributed by atoms with Crippen molar-refractivity contribution < 1.29 is 21.1 Å². The molecule has 0 atom stereocenters. The molecule has 1 nitrogen and oxygen atoms in total. The van der Waals surface area contributed by atoms with E-state index >= 15 is 0 Å². The van der Waals surface area contributed by atoms with Gasteiger partial charge in [0.25, 0.3) is 0 Å². The molecular weight excluding hydrogens is 354 g/mol. The Kier molecular flexibility index (Phi) is 4.58.